The molecule has 0 spiro atoms. The van der Waals surface area contributed by atoms with Crippen molar-refractivity contribution >= 4 is 27.7 Å². The van der Waals surface area contributed by atoms with E-state index in [0.717, 1.165) is 19.7 Å². The van der Waals surface area contributed by atoms with Gasteiger partial charge in [0.05, 0.1) is 5.69 Å². The molecule has 0 radical (unpaired) electrons. The smallest absolute Gasteiger partial charge is 0.304 e. The van der Waals surface area contributed by atoms with E-state index in [9.17, 15) is 18.0 Å². The van der Waals surface area contributed by atoms with Gasteiger partial charge in [-0.15, -0.1) is 0 Å². The summed E-state index contributed by atoms with van der Waals surface area (Å²) in [5.41, 5.74) is 2.08. The van der Waals surface area contributed by atoms with Gasteiger partial charge in [-0.05, 0) is 37.1 Å². The minimum atomic E-state index is -4.00. The average molecular weight is 537 g/mol. The van der Waals surface area contributed by atoms with E-state index in [1.54, 1.807) is 30.3 Å². The molecule has 0 aliphatic carbocycles. The van der Waals surface area contributed by atoms with E-state index in [4.69, 9.17) is 0 Å². The third kappa shape index (κ3) is 7.66. The van der Waals surface area contributed by atoms with Crippen molar-refractivity contribution in [1.29, 1.82) is 0 Å². The molecule has 9 heteroatoms. The highest BCUT2D eigenvalue weighted by molar-refractivity contribution is 7.90. The third-order valence-electron chi connectivity index (χ3n) is 5.96. The predicted molar refractivity (Wildman–Crippen MR) is 151 cm³/mol. The summed E-state index contributed by atoms with van der Waals surface area (Å²) >= 11 is 0. The number of rotatable bonds is 12. The zero-order chi connectivity index (χ0) is 27.7. The highest BCUT2D eigenvalue weighted by atomic mass is 32.2. The Morgan fingerprint density at radius 3 is 1.79 bits per heavy atom. The molecule has 0 aliphatic heterocycles. The van der Waals surface area contributed by atoms with Gasteiger partial charge in [-0.2, -0.15) is 12.7 Å². The topological polar surface area (TPSA) is 90.0 Å². The van der Waals surface area contributed by atoms with Crippen LogP contribution in [0.25, 0.3) is 0 Å². The number of nitrogens with one attached hydrogen (secondary N) is 1. The fourth-order valence-electron chi connectivity index (χ4n) is 4.03. The van der Waals surface area contributed by atoms with Crippen molar-refractivity contribution in [2.45, 2.75) is 38.9 Å². The van der Waals surface area contributed by atoms with Crippen molar-refractivity contribution < 1.29 is 18.0 Å². The second-order valence-electron chi connectivity index (χ2n) is 9.51. The summed E-state index contributed by atoms with van der Waals surface area (Å²) in [6.07, 6.45) is 0.281. The lowest BCUT2D eigenvalue weighted by atomic mass is 10.0. The maximum absolute atomic E-state index is 14.0. The molecule has 8 nitrogen and oxygen atoms in total. The Kier molecular flexibility index (Phi) is 10.0. The SMILES string of the molecule is CC(C)NC(=O)[C@H](Cc1ccccc1)N(Cc1ccccc1)C(=O)CN(c1ccccc1)S(=O)(=O)N(C)C. The Labute approximate surface area is 226 Å². The first-order chi connectivity index (χ1) is 18.1. The number of para-hydroxylation sites is 1. The molecule has 0 aliphatic rings. The lowest BCUT2D eigenvalue weighted by Gasteiger charge is -2.34. The lowest BCUT2D eigenvalue weighted by molar-refractivity contribution is -0.140. The number of anilines is 1. The molecule has 0 heterocycles. The van der Waals surface area contributed by atoms with Gasteiger partial charge in [0.1, 0.15) is 12.6 Å². The van der Waals surface area contributed by atoms with Crippen molar-refractivity contribution in [3.8, 4) is 0 Å². The van der Waals surface area contributed by atoms with Crippen LogP contribution < -0.4 is 9.62 Å². The van der Waals surface area contributed by atoms with Crippen molar-refractivity contribution in [1.82, 2.24) is 14.5 Å². The number of hydrogen-bond acceptors (Lipinski definition) is 4. The molecular weight excluding hydrogens is 500 g/mol. The Morgan fingerprint density at radius 1 is 0.789 bits per heavy atom. The van der Waals surface area contributed by atoms with Crippen LogP contribution in [0.5, 0.6) is 0 Å². The first-order valence-corrected chi connectivity index (χ1v) is 13.9. The molecule has 1 N–H and O–H groups in total. The second-order valence-corrected chi connectivity index (χ2v) is 11.6. The molecule has 0 saturated carbocycles. The van der Waals surface area contributed by atoms with E-state index in [0.29, 0.717) is 5.69 Å². The lowest BCUT2D eigenvalue weighted by Crippen LogP contribution is -2.55. The average Bonchev–Trinajstić information content (AvgIpc) is 2.90. The number of amides is 2. The van der Waals surface area contributed by atoms with Gasteiger partial charge in [0.15, 0.2) is 0 Å². The summed E-state index contributed by atoms with van der Waals surface area (Å²) in [5, 5.41) is 2.94. The molecule has 3 rings (SSSR count). The molecule has 0 aromatic heterocycles. The van der Waals surface area contributed by atoms with E-state index in [2.05, 4.69) is 5.32 Å². The largest absolute Gasteiger partial charge is 0.352 e. The number of carbonyl (C=O) groups excluding carboxylic acids is 2. The molecule has 0 unspecified atom stereocenters. The quantitative estimate of drug-likeness (QED) is 0.384. The first-order valence-electron chi connectivity index (χ1n) is 12.5. The summed E-state index contributed by atoms with van der Waals surface area (Å²) in [6.45, 7) is 3.41. The molecule has 202 valence electrons. The zero-order valence-electron chi connectivity index (χ0n) is 22.3. The number of nitrogens with zero attached hydrogens (tertiary/aromatic N) is 3. The molecule has 3 aromatic rings. The van der Waals surface area contributed by atoms with Crippen LogP contribution in [0.15, 0.2) is 91.0 Å². The van der Waals surface area contributed by atoms with Crippen LogP contribution in [-0.2, 0) is 32.8 Å². The zero-order valence-corrected chi connectivity index (χ0v) is 23.1. The molecule has 38 heavy (non-hydrogen) atoms. The second kappa shape index (κ2) is 13.2. The van der Waals surface area contributed by atoms with Crippen LogP contribution in [0.4, 0.5) is 5.69 Å². The van der Waals surface area contributed by atoms with Gasteiger partial charge in [0.25, 0.3) is 0 Å². The number of carbonyl (C=O) groups is 2. The molecular formula is C29H36N4O4S. The fourth-order valence-corrected chi connectivity index (χ4v) is 5.08. The molecule has 1 atom stereocenters. The molecule has 0 bridgehead atoms. The van der Waals surface area contributed by atoms with Crippen molar-refractivity contribution in [3.63, 3.8) is 0 Å². The predicted octanol–water partition coefficient (Wildman–Crippen LogP) is 3.46. The maximum atomic E-state index is 14.0. The van der Waals surface area contributed by atoms with Crippen molar-refractivity contribution in [3.05, 3.63) is 102 Å². The Morgan fingerprint density at radius 2 is 1.29 bits per heavy atom. The van der Waals surface area contributed by atoms with Crippen LogP contribution in [0.2, 0.25) is 0 Å². The highest BCUT2D eigenvalue weighted by Crippen LogP contribution is 2.21. The Bertz CT molecular complexity index is 1280. The van der Waals surface area contributed by atoms with Crippen LogP contribution in [0.3, 0.4) is 0 Å². The van der Waals surface area contributed by atoms with E-state index in [-0.39, 0.29) is 24.9 Å². The highest BCUT2D eigenvalue weighted by Gasteiger charge is 2.34. The van der Waals surface area contributed by atoms with Gasteiger partial charge in [-0.3, -0.25) is 9.59 Å². The van der Waals surface area contributed by atoms with Crippen LogP contribution in [-0.4, -0.2) is 62.2 Å². The standard InChI is InChI=1S/C29H36N4O4S/c1-23(2)30-29(35)27(20-24-14-8-5-9-15-24)32(21-25-16-10-6-11-17-25)28(34)22-33(38(36,37)31(3)4)26-18-12-7-13-19-26/h5-19,23,27H,20-22H2,1-4H3,(H,30,35)/t27-/m0/s1. The Hall–Kier alpha value is -3.69. The van der Waals surface area contributed by atoms with E-state index >= 15 is 0 Å². The van der Waals surface area contributed by atoms with Crippen LogP contribution in [0.1, 0.15) is 25.0 Å². The summed E-state index contributed by atoms with van der Waals surface area (Å²) in [4.78, 5) is 29.0. The minimum absolute atomic E-state index is 0.135. The molecule has 2 amide bonds. The third-order valence-corrected chi connectivity index (χ3v) is 7.78. The molecule has 0 fully saturated rings. The summed E-state index contributed by atoms with van der Waals surface area (Å²) in [7, 11) is -1.15. The molecule has 0 saturated heterocycles. The Balaban J connectivity index is 2.05. The molecule has 3 aromatic carbocycles. The first kappa shape index (κ1) is 28.9. The van der Waals surface area contributed by atoms with Crippen LogP contribution in [0, 0.1) is 0 Å². The van der Waals surface area contributed by atoms with E-state index in [1.165, 1.54) is 19.0 Å². The van der Waals surface area contributed by atoms with Crippen molar-refractivity contribution in [2.24, 2.45) is 0 Å². The number of benzene rings is 3. The maximum Gasteiger partial charge on any atom is 0.304 e. The van der Waals surface area contributed by atoms with Gasteiger partial charge in [-0.1, -0.05) is 78.9 Å². The summed E-state index contributed by atoms with van der Waals surface area (Å²) in [6, 6.07) is 26.4. The monoisotopic (exact) mass is 536 g/mol. The van der Waals surface area contributed by atoms with Crippen LogP contribution >= 0.6 is 0 Å². The number of hydrogen-bond donors (Lipinski definition) is 1. The minimum Gasteiger partial charge on any atom is -0.352 e. The van der Waals surface area contributed by atoms with E-state index in [1.807, 2.05) is 74.5 Å². The van der Waals surface area contributed by atoms with Gasteiger partial charge in [-0.25, -0.2) is 4.31 Å². The van der Waals surface area contributed by atoms with Crippen molar-refractivity contribution in [2.75, 3.05) is 24.9 Å². The van der Waals surface area contributed by atoms with Gasteiger partial charge < -0.3 is 10.2 Å². The summed E-state index contributed by atoms with van der Waals surface area (Å²) < 4.78 is 28.7. The fraction of sp³-hybridized carbons (Fsp3) is 0.310. The van der Waals surface area contributed by atoms with Gasteiger partial charge >= 0.3 is 10.2 Å². The van der Waals surface area contributed by atoms with Gasteiger partial charge in [0.2, 0.25) is 11.8 Å². The normalized spacial score (nSPS) is 12.3. The van der Waals surface area contributed by atoms with Gasteiger partial charge in [0, 0.05) is 33.1 Å². The summed E-state index contributed by atoms with van der Waals surface area (Å²) in [5.74, 6) is -0.780. The van der Waals surface area contributed by atoms with E-state index < -0.39 is 28.7 Å².